The van der Waals surface area contributed by atoms with E-state index in [0.717, 1.165) is 6.07 Å². The van der Waals surface area contributed by atoms with Crippen molar-refractivity contribution in [2.45, 2.75) is 6.36 Å². The number of carbonyl (C=O) groups is 1. The summed E-state index contributed by atoms with van der Waals surface area (Å²) in [6.07, 6.45) is -4.76. The molecule has 0 saturated heterocycles. The summed E-state index contributed by atoms with van der Waals surface area (Å²) in [5, 5.41) is 4.33. The minimum absolute atomic E-state index is 0.0961. The van der Waals surface area contributed by atoms with Gasteiger partial charge in [-0.2, -0.15) is 0 Å². The molecule has 0 aliphatic heterocycles. The van der Waals surface area contributed by atoms with Crippen molar-refractivity contribution in [2.24, 2.45) is 0 Å². The Hall–Kier alpha value is -1.54. The molecule has 0 unspecified atom stereocenters. The van der Waals surface area contributed by atoms with Gasteiger partial charge in [0.05, 0.1) is 9.35 Å². The number of carbonyl (C=O) groups excluding carboxylic acids is 1. The average Bonchev–Trinajstić information content (AvgIpc) is 2.85. The number of rotatable bonds is 3. The first-order chi connectivity index (χ1) is 9.35. The van der Waals surface area contributed by atoms with E-state index < -0.39 is 6.36 Å². The Balaban J connectivity index is 2.11. The van der Waals surface area contributed by atoms with Gasteiger partial charge in [-0.15, -0.1) is 24.5 Å². The molecule has 1 heterocycles. The highest BCUT2D eigenvalue weighted by Crippen LogP contribution is 2.32. The van der Waals surface area contributed by atoms with Crippen LogP contribution in [0.25, 0.3) is 0 Å². The summed E-state index contributed by atoms with van der Waals surface area (Å²) >= 11 is 4.23. The summed E-state index contributed by atoms with van der Waals surface area (Å²) in [5.74, 6) is -0.692. The lowest BCUT2D eigenvalue weighted by Crippen LogP contribution is -2.17. The van der Waals surface area contributed by atoms with E-state index >= 15 is 0 Å². The lowest BCUT2D eigenvalue weighted by Gasteiger charge is -2.11. The average molecular weight is 366 g/mol. The predicted octanol–water partition coefficient (Wildman–Crippen LogP) is 4.66. The zero-order valence-corrected chi connectivity index (χ0v) is 12.1. The molecule has 106 valence electrons. The van der Waals surface area contributed by atoms with E-state index in [1.807, 2.05) is 0 Å². The number of hydrogen-bond donors (Lipinski definition) is 1. The van der Waals surface area contributed by atoms with E-state index in [0.29, 0.717) is 10.6 Å². The van der Waals surface area contributed by atoms with E-state index in [1.54, 1.807) is 17.5 Å². The molecular formula is C12H7BrF3NO2S. The summed E-state index contributed by atoms with van der Waals surface area (Å²) in [7, 11) is 0. The zero-order valence-electron chi connectivity index (χ0n) is 9.70. The minimum atomic E-state index is -4.76. The number of benzene rings is 1. The van der Waals surface area contributed by atoms with Crippen molar-refractivity contribution in [2.75, 3.05) is 5.32 Å². The molecule has 8 heteroatoms. The first-order valence-corrected chi connectivity index (χ1v) is 6.92. The van der Waals surface area contributed by atoms with Crippen molar-refractivity contribution in [1.29, 1.82) is 0 Å². The van der Waals surface area contributed by atoms with Gasteiger partial charge in [-0.3, -0.25) is 4.79 Å². The summed E-state index contributed by atoms with van der Waals surface area (Å²) in [4.78, 5) is 12.3. The van der Waals surface area contributed by atoms with Gasteiger partial charge >= 0.3 is 6.36 Å². The molecule has 0 aliphatic rings. The molecule has 0 saturated carbocycles. The summed E-state index contributed by atoms with van der Waals surface area (Å²) < 4.78 is 40.2. The maximum atomic E-state index is 12.1. The van der Waals surface area contributed by atoms with Crippen LogP contribution in [0, 0.1) is 0 Å². The Morgan fingerprint density at radius 3 is 2.60 bits per heavy atom. The Morgan fingerprint density at radius 2 is 2.05 bits per heavy atom. The third-order valence-electron chi connectivity index (χ3n) is 2.16. The number of anilines is 1. The smallest absolute Gasteiger partial charge is 0.405 e. The van der Waals surface area contributed by atoms with E-state index in [9.17, 15) is 18.0 Å². The van der Waals surface area contributed by atoms with E-state index in [1.165, 1.54) is 23.5 Å². The normalized spacial score (nSPS) is 11.2. The number of alkyl halides is 3. The van der Waals surface area contributed by atoms with Crippen LogP contribution in [-0.4, -0.2) is 12.3 Å². The molecule has 0 bridgehead atoms. The lowest BCUT2D eigenvalue weighted by molar-refractivity contribution is -0.274. The maximum absolute atomic E-state index is 12.1. The molecular weight excluding hydrogens is 359 g/mol. The molecule has 3 nitrogen and oxygen atoms in total. The van der Waals surface area contributed by atoms with E-state index in [2.05, 4.69) is 26.0 Å². The second kappa shape index (κ2) is 5.84. The molecule has 0 spiro atoms. The van der Waals surface area contributed by atoms with Crippen LogP contribution < -0.4 is 10.1 Å². The largest absolute Gasteiger partial charge is 0.573 e. The monoisotopic (exact) mass is 365 g/mol. The van der Waals surface area contributed by atoms with Gasteiger partial charge in [0, 0.05) is 5.69 Å². The molecule has 0 radical (unpaired) electrons. The van der Waals surface area contributed by atoms with Crippen molar-refractivity contribution < 1.29 is 22.7 Å². The van der Waals surface area contributed by atoms with Gasteiger partial charge in [0.1, 0.15) is 5.75 Å². The molecule has 1 aromatic carbocycles. The van der Waals surface area contributed by atoms with Crippen LogP contribution in [0.3, 0.4) is 0 Å². The Labute approximate surface area is 124 Å². The highest BCUT2D eigenvalue weighted by Gasteiger charge is 2.31. The highest BCUT2D eigenvalue weighted by molar-refractivity contribution is 9.10. The fourth-order valence-electron chi connectivity index (χ4n) is 1.39. The molecule has 1 aromatic heterocycles. The van der Waals surface area contributed by atoms with Crippen molar-refractivity contribution in [1.82, 2.24) is 0 Å². The van der Waals surface area contributed by atoms with Gasteiger partial charge in [-0.1, -0.05) is 6.07 Å². The van der Waals surface area contributed by atoms with Crippen LogP contribution in [0.5, 0.6) is 5.75 Å². The van der Waals surface area contributed by atoms with Crippen molar-refractivity contribution in [3.63, 3.8) is 0 Å². The Kier molecular flexibility index (Phi) is 4.34. The number of amides is 1. The molecule has 2 rings (SSSR count). The van der Waals surface area contributed by atoms with Crippen molar-refractivity contribution in [3.05, 3.63) is 45.1 Å². The van der Waals surface area contributed by atoms with E-state index in [4.69, 9.17) is 0 Å². The van der Waals surface area contributed by atoms with Gasteiger partial charge in [0.2, 0.25) is 0 Å². The lowest BCUT2D eigenvalue weighted by atomic mass is 10.3. The number of nitrogens with one attached hydrogen (secondary N) is 1. The fraction of sp³-hybridized carbons (Fsp3) is 0.0833. The van der Waals surface area contributed by atoms with Crippen LogP contribution in [-0.2, 0) is 0 Å². The van der Waals surface area contributed by atoms with Crippen LogP contribution >= 0.6 is 27.3 Å². The molecule has 0 atom stereocenters. The van der Waals surface area contributed by atoms with Gasteiger partial charge in [0.15, 0.2) is 0 Å². The first kappa shape index (κ1) is 14.9. The first-order valence-electron chi connectivity index (χ1n) is 5.25. The number of thiophene rings is 1. The molecule has 1 N–H and O–H groups in total. The number of hydrogen-bond acceptors (Lipinski definition) is 3. The molecule has 1 amide bonds. The third kappa shape index (κ3) is 3.97. The molecule has 0 aliphatic carbocycles. The van der Waals surface area contributed by atoms with Crippen LogP contribution in [0.2, 0.25) is 0 Å². The third-order valence-corrected chi connectivity index (χ3v) is 3.65. The summed E-state index contributed by atoms with van der Waals surface area (Å²) in [5.41, 5.74) is 0.366. The van der Waals surface area contributed by atoms with Gasteiger partial charge in [-0.25, -0.2) is 0 Å². The van der Waals surface area contributed by atoms with Gasteiger partial charge in [0.25, 0.3) is 5.91 Å². The van der Waals surface area contributed by atoms with Gasteiger partial charge in [-0.05, 0) is 45.6 Å². The van der Waals surface area contributed by atoms with Gasteiger partial charge < -0.3 is 10.1 Å². The molecule has 2 aromatic rings. The van der Waals surface area contributed by atoms with Crippen molar-refractivity contribution in [3.8, 4) is 5.75 Å². The minimum Gasteiger partial charge on any atom is -0.405 e. The predicted molar refractivity (Wildman–Crippen MR) is 73.1 cm³/mol. The second-order valence-corrected chi connectivity index (χ2v) is 5.43. The standard InChI is InChI=1S/C12H7BrF3NO2S/c13-8-6-7(3-4-9(8)19-12(14,15)16)17-11(18)10-2-1-5-20-10/h1-6H,(H,17,18). The second-order valence-electron chi connectivity index (χ2n) is 3.62. The SMILES string of the molecule is O=C(Nc1ccc(OC(F)(F)F)c(Br)c1)c1cccs1. The van der Waals surface area contributed by atoms with Crippen LogP contribution in [0.1, 0.15) is 9.67 Å². The van der Waals surface area contributed by atoms with Crippen molar-refractivity contribution >= 4 is 38.9 Å². The summed E-state index contributed by atoms with van der Waals surface area (Å²) in [6.45, 7) is 0. The number of ether oxygens (including phenoxy) is 1. The highest BCUT2D eigenvalue weighted by atomic mass is 79.9. The van der Waals surface area contributed by atoms with Crippen LogP contribution in [0.4, 0.5) is 18.9 Å². The Bertz CT molecular complexity index is 614. The molecule has 0 fully saturated rings. The quantitative estimate of drug-likeness (QED) is 0.858. The fourth-order valence-corrected chi connectivity index (χ4v) is 2.47. The maximum Gasteiger partial charge on any atom is 0.573 e. The Morgan fingerprint density at radius 1 is 1.30 bits per heavy atom. The topological polar surface area (TPSA) is 38.3 Å². The van der Waals surface area contributed by atoms with E-state index in [-0.39, 0.29) is 16.1 Å². The number of halogens is 4. The molecule has 20 heavy (non-hydrogen) atoms. The van der Waals surface area contributed by atoms with Crippen LogP contribution in [0.15, 0.2) is 40.2 Å². The summed E-state index contributed by atoms with van der Waals surface area (Å²) in [6, 6.07) is 7.18. The zero-order chi connectivity index (χ0) is 14.8.